The zero-order chi connectivity index (χ0) is 20.8. The van der Waals surface area contributed by atoms with Gasteiger partial charge in [0.1, 0.15) is 5.75 Å². The second-order valence-corrected chi connectivity index (χ2v) is 7.40. The van der Waals surface area contributed by atoms with Crippen molar-refractivity contribution < 1.29 is 23.8 Å². The van der Waals surface area contributed by atoms with E-state index < -0.39 is 0 Å². The van der Waals surface area contributed by atoms with E-state index in [-0.39, 0.29) is 18.4 Å². The zero-order valence-electron chi connectivity index (χ0n) is 16.4. The van der Waals surface area contributed by atoms with Crippen LogP contribution in [0.1, 0.15) is 10.4 Å². The van der Waals surface area contributed by atoms with Crippen molar-refractivity contribution in [3.8, 4) is 17.2 Å². The van der Waals surface area contributed by atoms with Gasteiger partial charge in [0.15, 0.2) is 18.1 Å². The van der Waals surface area contributed by atoms with Crippen LogP contribution in [0.3, 0.4) is 0 Å². The highest BCUT2D eigenvalue weighted by Crippen LogP contribution is 2.28. The molecular weight excluding hydrogens is 440 g/mol. The largest absolute Gasteiger partial charge is 0.493 e. The van der Waals surface area contributed by atoms with E-state index in [1.54, 1.807) is 47.2 Å². The Morgan fingerprint density at radius 2 is 1.52 bits per heavy atom. The lowest BCUT2D eigenvalue weighted by Crippen LogP contribution is -2.51. The van der Waals surface area contributed by atoms with Crippen molar-refractivity contribution in [2.45, 2.75) is 0 Å². The minimum absolute atomic E-state index is 0.0226. The summed E-state index contributed by atoms with van der Waals surface area (Å²) in [5.74, 6) is 1.54. The number of amides is 2. The number of piperazine rings is 1. The van der Waals surface area contributed by atoms with E-state index in [4.69, 9.17) is 14.2 Å². The topological polar surface area (TPSA) is 68.3 Å². The molecule has 2 aromatic carbocycles. The number of benzene rings is 2. The minimum atomic E-state index is -0.0934. The normalized spacial score (nSPS) is 13.8. The third-order valence-electron chi connectivity index (χ3n) is 4.73. The molecule has 2 amide bonds. The SMILES string of the molecule is COc1ccc(C(=O)N2CCN(C(=O)COc3ccc(Br)cc3)CC2)cc1OC. The van der Waals surface area contributed by atoms with Crippen LogP contribution in [0.5, 0.6) is 17.2 Å². The number of hydrogen-bond donors (Lipinski definition) is 0. The van der Waals surface area contributed by atoms with Crippen molar-refractivity contribution in [2.24, 2.45) is 0 Å². The predicted molar refractivity (Wildman–Crippen MR) is 112 cm³/mol. The molecule has 0 radical (unpaired) electrons. The van der Waals surface area contributed by atoms with E-state index in [9.17, 15) is 9.59 Å². The van der Waals surface area contributed by atoms with Gasteiger partial charge in [-0.1, -0.05) is 15.9 Å². The van der Waals surface area contributed by atoms with Crippen molar-refractivity contribution in [1.82, 2.24) is 9.80 Å². The number of carbonyl (C=O) groups excluding carboxylic acids is 2. The molecule has 1 aliphatic rings. The molecule has 7 nitrogen and oxygen atoms in total. The molecule has 0 unspecified atom stereocenters. The van der Waals surface area contributed by atoms with Gasteiger partial charge in [-0.25, -0.2) is 0 Å². The van der Waals surface area contributed by atoms with Crippen LogP contribution in [-0.4, -0.2) is 68.6 Å². The van der Waals surface area contributed by atoms with Gasteiger partial charge in [-0.15, -0.1) is 0 Å². The molecule has 0 aliphatic carbocycles. The standard InChI is InChI=1S/C21H23BrN2O5/c1-27-18-8-3-15(13-19(18)28-2)21(26)24-11-9-23(10-12-24)20(25)14-29-17-6-4-16(22)5-7-17/h3-8,13H,9-12,14H2,1-2H3. The highest BCUT2D eigenvalue weighted by Gasteiger charge is 2.25. The van der Waals surface area contributed by atoms with Gasteiger partial charge in [0.2, 0.25) is 0 Å². The maximum Gasteiger partial charge on any atom is 0.260 e. The average Bonchev–Trinajstić information content (AvgIpc) is 2.77. The van der Waals surface area contributed by atoms with Crippen molar-refractivity contribution >= 4 is 27.7 Å². The lowest BCUT2D eigenvalue weighted by atomic mass is 10.1. The fraction of sp³-hybridized carbons (Fsp3) is 0.333. The van der Waals surface area contributed by atoms with Gasteiger partial charge in [-0.2, -0.15) is 0 Å². The molecule has 0 N–H and O–H groups in total. The van der Waals surface area contributed by atoms with Gasteiger partial charge in [0.25, 0.3) is 11.8 Å². The van der Waals surface area contributed by atoms with Crippen molar-refractivity contribution in [2.75, 3.05) is 47.0 Å². The summed E-state index contributed by atoms with van der Waals surface area (Å²) in [7, 11) is 3.09. The summed E-state index contributed by atoms with van der Waals surface area (Å²) in [5.41, 5.74) is 0.529. The molecule has 8 heteroatoms. The average molecular weight is 463 g/mol. The number of rotatable bonds is 6. The molecule has 154 valence electrons. The summed E-state index contributed by atoms with van der Waals surface area (Å²) in [6, 6.07) is 12.4. The second kappa shape index (κ2) is 9.65. The fourth-order valence-electron chi connectivity index (χ4n) is 3.08. The Kier molecular flexibility index (Phi) is 6.98. The van der Waals surface area contributed by atoms with Gasteiger partial charge in [0, 0.05) is 36.2 Å². The Morgan fingerprint density at radius 3 is 2.14 bits per heavy atom. The van der Waals surface area contributed by atoms with Crippen LogP contribution in [0.15, 0.2) is 46.9 Å². The van der Waals surface area contributed by atoms with Crippen LogP contribution < -0.4 is 14.2 Å². The Bertz CT molecular complexity index is 864. The number of ether oxygens (including phenoxy) is 3. The maximum atomic E-state index is 12.8. The third-order valence-corrected chi connectivity index (χ3v) is 5.25. The predicted octanol–water partition coefficient (Wildman–Crippen LogP) is 2.83. The van der Waals surface area contributed by atoms with E-state index in [1.807, 2.05) is 12.1 Å². The summed E-state index contributed by atoms with van der Waals surface area (Å²) in [5, 5.41) is 0. The zero-order valence-corrected chi connectivity index (χ0v) is 18.0. The third kappa shape index (κ3) is 5.20. The molecule has 0 atom stereocenters. The number of halogens is 1. The summed E-state index contributed by atoms with van der Waals surface area (Å²) in [4.78, 5) is 28.6. The van der Waals surface area contributed by atoms with E-state index in [1.165, 1.54) is 7.11 Å². The van der Waals surface area contributed by atoms with E-state index in [0.29, 0.717) is 49.0 Å². The van der Waals surface area contributed by atoms with Crippen LogP contribution >= 0.6 is 15.9 Å². The van der Waals surface area contributed by atoms with E-state index in [2.05, 4.69) is 15.9 Å². The van der Waals surface area contributed by atoms with Crippen LogP contribution in [0, 0.1) is 0 Å². The molecule has 3 rings (SSSR count). The first kappa shape index (κ1) is 21.0. The summed E-state index contributed by atoms with van der Waals surface area (Å²) >= 11 is 3.36. The molecule has 0 bridgehead atoms. The lowest BCUT2D eigenvalue weighted by molar-refractivity contribution is -0.134. The molecule has 0 saturated carbocycles. The molecule has 1 heterocycles. The van der Waals surface area contributed by atoms with Crippen LogP contribution in [0.4, 0.5) is 0 Å². The van der Waals surface area contributed by atoms with Crippen LogP contribution in [0.25, 0.3) is 0 Å². The highest BCUT2D eigenvalue weighted by atomic mass is 79.9. The van der Waals surface area contributed by atoms with Gasteiger partial charge >= 0.3 is 0 Å². The van der Waals surface area contributed by atoms with Gasteiger partial charge in [-0.05, 0) is 42.5 Å². The minimum Gasteiger partial charge on any atom is -0.493 e. The van der Waals surface area contributed by atoms with Crippen LogP contribution in [-0.2, 0) is 4.79 Å². The smallest absolute Gasteiger partial charge is 0.260 e. The summed E-state index contributed by atoms with van der Waals surface area (Å²) < 4.78 is 17.0. The quantitative estimate of drug-likeness (QED) is 0.659. The van der Waals surface area contributed by atoms with Crippen LogP contribution in [0.2, 0.25) is 0 Å². The molecule has 0 spiro atoms. The second-order valence-electron chi connectivity index (χ2n) is 6.49. The molecule has 29 heavy (non-hydrogen) atoms. The van der Waals surface area contributed by atoms with Crippen molar-refractivity contribution in [3.63, 3.8) is 0 Å². The molecular formula is C21H23BrN2O5. The first-order chi connectivity index (χ1) is 14.0. The van der Waals surface area contributed by atoms with Gasteiger partial charge < -0.3 is 24.0 Å². The molecule has 2 aromatic rings. The number of hydrogen-bond acceptors (Lipinski definition) is 5. The number of methoxy groups -OCH3 is 2. The summed E-state index contributed by atoms with van der Waals surface area (Å²) in [6.45, 7) is 1.86. The Hall–Kier alpha value is -2.74. The first-order valence-electron chi connectivity index (χ1n) is 9.19. The highest BCUT2D eigenvalue weighted by molar-refractivity contribution is 9.10. The van der Waals surface area contributed by atoms with Crippen molar-refractivity contribution in [3.05, 3.63) is 52.5 Å². The Labute approximate surface area is 178 Å². The monoisotopic (exact) mass is 462 g/mol. The first-order valence-corrected chi connectivity index (χ1v) is 9.98. The number of nitrogens with zero attached hydrogens (tertiary/aromatic N) is 2. The lowest BCUT2D eigenvalue weighted by Gasteiger charge is -2.34. The maximum absolute atomic E-state index is 12.8. The van der Waals surface area contributed by atoms with Gasteiger partial charge in [-0.3, -0.25) is 9.59 Å². The molecule has 0 aromatic heterocycles. The molecule has 1 aliphatic heterocycles. The van der Waals surface area contributed by atoms with E-state index >= 15 is 0 Å². The Balaban J connectivity index is 1.52. The van der Waals surface area contributed by atoms with Gasteiger partial charge in [0.05, 0.1) is 14.2 Å². The fourth-order valence-corrected chi connectivity index (χ4v) is 3.34. The summed E-state index contributed by atoms with van der Waals surface area (Å²) in [6.07, 6.45) is 0. The Morgan fingerprint density at radius 1 is 0.897 bits per heavy atom. The number of carbonyl (C=O) groups is 2. The molecule has 1 saturated heterocycles. The van der Waals surface area contributed by atoms with E-state index in [0.717, 1.165) is 4.47 Å². The van der Waals surface area contributed by atoms with Crippen molar-refractivity contribution in [1.29, 1.82) is 0 Å². The molecule has 1 fully saturated rings.